The van der Waals surface area contributed by atoms with Crippen molar-refractivity contribution in [1.82, 2.24) is 0 Å². The first kappa shape index (κ1) is 18.5. The first-order chi connectivity index (χ1) is 11.7. The first-order valence-corrected chi connectivity index (χ1v) is 8.73. The van der Waals surface area contributed by atoms with E-state index in [0.717, 1.165) is 48.3 Å². The molecule has 0 atom stereocenters. The fourth-order valence-electron chi connectivity index (χ4n) is 2.77. The van der Waals surface area contributed by atoms with Gasteiger partial charge in [-0.05, 0) is 62.5 Å². The normalized spacial score (nSPS) is 22.8. The molecule has 0 saturated carbocycles. The fourth-order valence-corrected chi connectivity index (χ4v) is 2.77. The van der Waals surface area contributed by atoms with Crippen molar-refractivity contribution in [2.24, 2.45) is 0 Å². The number of benzene rings is 1. The lowest BCUT2D eigenvalue weighted by Gasteiger charge is -2.20. The van der Waals surface area contributed by atoms with E-state index >= 15 is 0 Å². The summed E-state index contributed by atoms with van der Waals surface area (Å²) < 4.78 is 25.1. The van der Waals surface area contributed by atoms with Crippen LogP contribution in [0.1, 0.15) is 45.6 Å². The van der Waals surface area contributed by atoms with E-state index in [2.05, 4.69) is 26.0 Å². The van der Waals surface area contributed by atoms with Gasteiger partial charge in [-0.15, -0.1) is 0 Å². The molecule has 0 aromatic heterocycles. The summed E-state index contributed by atoms with van der Waals surface area (Å²) in [5.41, 5.74) is 4.36. The molecule has 1 aromatic rings. The van der Waals surface area contributed by atoms with Crippen LogP contribution in [0.2, 0.25) is 0 Å². The van der Waals surface area contributed by atoms with E-state index < -0.39 is 0 Å². The maximum Gasteiger partial charge on any atom is 0.127 e. The first-order valence-electron chi connectivity index (χ1n) is 8.73. The highest BCUT2D eigenvalue weighted by Crippen LogP contribution is 2.32. The van der Waals surface area contributed by atoms with Gasteiger partial charge in [0.2, 0.25) is 0 Å². The largest absolute Gasteiger partial charge is 0.493 e. The van der Waals surface area contributed by atoms with Crippen LogP contribution >= 0.6 is 0 Å². The van der Waals surface area contributed by atoms with Crippen molar-refractivity contribution >= 4 is 5.57 Å². The van der Waals surface area contributed by atoms with Crippen LogP contribution in [0.5, 0.6) is 0 Å². The van der Waals surface area contributed by atoms with Crippen LogP contribution in [0.25, 0.3) is 5.57 Å². The highest BCUT2D eigenvalue weighted by atomic mass is 19.1. The lowest BCUT2D eigenvalue weighted by molar-refractivity contribution is 0.158. The fraction of sp³-hybridized carbons (Fsp3) is 0.429. The highest BCUT2D eigenvalue weighted by molar-refractivity contribution is 5.82. The number of rotatable bonds is 7. The summed E-state index contributed by atoms with van der Waals surface area (Å²) in [6, 6.07) is 6.60. The third-order valence-electron chi connectivity index (χ3n) is 3.91. The van der Waals surface area contributed by atoms with Crippen LogP contribution in [0, 0.1) is 5.82 Å². The van der Waals surface area contributed by atoms with Crippen LogP contribution in [-0.2, 0) is 9.47 Å². The van der Waals surface area contributed by atoms with Crippen molar-refractivity contribution in [3.8, 4) is 0 Å². The van der Waals surface area contributed by atoms with Gasteiger partial charge in [0.05, 0.1) is 13.2 Å². The second-order valence-electron chi connectivity index (χ2n) is 5.99. The maximum atomic E-state index is 13.4. The zero-order valence-corrected chi connectivity index (χ0v) is 14.9. The van der Waals surface area contributed by atoms with E-state index in [4.69, 9.17) is 9.47 Å². The molecule has 0 bridgehead atoms. The van der Waals surface area contributed by atoms with Crippen molar-refractivity contribution in [3.63, 3.8) is 0 Å². The summed E-state index contributed by atoms with van der Waals surface area (Å²) in [5, 5.41) is 0. The minimum atomic E-state index is -0.234. The molecule has 1 aliphatic carbocycles. The highest BCUT2D eigenvalue weighted by Gasteiger charge is 2.17. The molecule has 0 aliphatic heterocycles. The Labute approximate surface area is 144 Å². The third-order valence-corrected chi connectivity index (χ3v) is 3.91. The molecule has 0 N–H and O–H groups in total. The Hall–Kier alpha value is -1.87. The smallest absolute Gasteiger partial charge is 0.127 e. The third kappa shape index (κ3) is 5.07. The second kappa shape index (κ2) is 9.43. The van der Waals surface area contributed by atoms with E-state index in [-0.39, 0.29) is 5.82 Å². The van der Waals surface area contributed by atoms with E-state index in [9.17, 15) is 4.39 Å². The van der Waals surface area contributed by atoms with Gasteiger partial charge in [0.15, 0.2) is 0 Å². The van der Waals surface area contributed by atoms with Crippen LogP contribution in [0.3, 0.4) is 0 Å². The van der Waals surface area contributed by atoms with Crippen molar-refractivity contribution in [2.45, 2.75) is 40.0 Å². The van der Waals surface area contributed by atoms with Crippen molar-refractivity contribution in [3.05, 3.63) is 64.7 Å². The number of allylic oxidation sites excluding steroid dienone is 3. The molecule has 1 aromatic carbocycles. The molecule has 0 radical (unpaired) electrons. The lowest BCUT2D eigenvalue weighted by Crippen LogP contribution is -2.07. The molecule has 0 spiro atoms. The zero-order valence-electron chi connectivity index (χ0n) is 14.9. The maximum absolute atomic E-state index is 13.4. The van der Waals surface area contributed by atoms with Crippen LogP contribution in [-0.4, -0.2) is 19.8 Å². The Morgan fingerprint density at radius 1 is 1.12 bits per heavy atom. The average Bonchev–Trinajstić information content (AvgIpc) is 2.55. The molecule has 3 heteroatoms. The van der Waals surface area contributed by atoms with Gasteiger partial charge in [-0.1, -0.05) is 30.7 Å². The summed E-state index contributed by atoms with van der Waals surface area (Å²) in [6.07, 6.45) is 7.29. The van der Waals surface area contributed by atoms with Gasteiger partial charge < -0.3 is 9.47 Å². The average molecular weight is 330 g/mol. The zero-order chi connectivity index (χ0) is 17.4. The second-order valence-corrected chi connectivity index (χ2v) is 5.99. The van der Waals surface area contributed by atoms with Gasteiger partial charge >= 0.3 is 0 Å². The molecular weight excluding hydrogens is 303 g/mol. The van der Waals surface area contributed by atoms with Crippen molar-refractivity contribution in [2.75, 3.05) is 19.8 Å². The Morgan fingerprint density at radius 3 is 2.54 bits per heavy atom. The number of hydrogen-bond acceptors (Lipinski definition) is 2. The predicted molar refractivity (Wildman–Crippen MR) is 97.1 cm³/mol. The molecule has 0 unspecified atom stereocenters. The molecule has 24 heavy (non-hydrogen) atoms. The standard InChI is InChI=1S/C21H27FO2/c1-4-13-23-15-18-8-6-7-16(3)14-20(24-5-2)21(18)17-9-11-19(22)12-10-17/h8-12,14H,4-7,13,15H2,1-3H3/b16-14+,18-8-,21-20+. The van der Waals surface area contributed by atoms with Crippen LogP contribution in [0.15, 0.2) is 53.3 Å². The number of ether oxygens (including phenoxy) is 2. The van der Waals surface area contributed by atoms with E-state index in [1.807, 2.05) is 19.1 Å². The van der Waals surface area contributed by atoms with E-state index in [1.54, 1.807) is 0 Å². The quantitative estimate of drug-likeness (QED) is 0.600. The van der Waals surface area contributed by atoms with Crippen molar-refractivity contribution < 1.29 is 13.9 Å². The monoisotopic (exact) mass is 330 g/mol. The Balaban J connectivity index is 2.51. The SMILES string of the molecule is CCCOCC1=C/CC/C(C)=C/C(OCC)=C\1c1ccc(F)cc1. The van der Waals surface area contributed by atoms with Gasteiger partial charge in [0.25, 0.3) is 0 Å². The van der Waals surface area contributed by atoms with Gasteiger partial charge in [0, 0.05) is 12.2 Å². The Morgan fingerprint density at radius 2 is 1.88 bits per heavy atom. The molecule has 0 saturated heterocycles. The molecule has 0 heterocycles. The predicted octanol–water partition coefficient (Wildman–Crippen LogP) is 5.67. The molecule has 2 nitrogen and oxygen atoms in total. The Kier molecular flexibility index (Phi) is 7.26. The van der Waals surface area contributed by atoms with Crippen LogP contribution < -0.4 is 0 Å². The number of halogens is 1. The molecule has 2 rings (SSSR count). The summed E-state index contributed by atoms with van der Waals surface area (Å²) in [7, 11) is 0. The summed E-state index contributed by atoms with van der Waals surface area (Å²) in [4.78, 5) is 0. The van der Waals surface area contributed by atoms with E-state index in [1.165, 1.54) is 17.7 Å². The lowest BCUT2D eigenvalue weighted by atomic mass is 9.92. The summed E-state index contributed by atoms with van der Waals surface area (Å²) in [6.45, 7) is 8.06. The van der Waals surface area contributed by atoms with Gasteiger partial charge in [-0.2, -0.15) is 0 Å². The topological polar surface area (TPSA) is 18.5 Å². The summed E-state index contributed by atoms with van der Waals surface area (Å²) >= 11 is 0. The van der Waals surface area contributed by atoms with Crippen LogP contribution in [0.4, 0.5) is 4.39 Å². The molecular formula is C21H27FO2. The Bertz CT molecular complexity index is 624. The molecule has 0 amide bonds. The van der Waals surface area contributed by atoms with E-state index in [0.29, 0.717) is 13.2 Å². The summed E-state index contributed by atoms with van der Waals surface area (Å²) in [5.74, 6) is 0.607. The molecule has 1 aliphatic rings. The van der Waals surface area contributed by atoms with Gasteiger partial charge in [0.1, 0.15) is 11.6 Å². The number of hydrogen-bond donors (Lipinski definition) is 0. The molecule has 130 valence electrons. The molecule has 0 fully saturated rings. The van der Waals surface area contributed by atoms with Gasteiger partial charge in [-0.3, -0.25) is 0 Å². The van der Waals surface area contributed by atoms with Gasteiger partial charge in [-0.25, -0.2) is 4.39 Å². The van der Waals surface area contributed by atoms with Crippen molar-refractivity contribution in [1.29, 1.82) is 0 Å². The minimum Gasteiger partial charge on any atom is -0.493 e. The minimum absolute atomic E-state index is 0.234.